The summed E-state index contributed by atoms with van der Waals surface area (Å²) in [6, 6.07) is 23.1. The molecule has 0 aromatic heterocycles. The predicted octanol–water partition coefficient (Wildman–Crippen LogP) is 4.44. The molecule has 1 heterocycles. The Bertz CT molecular complexity index is 1340. The average molecular weight is 520 g/mol. The molecule has 0 spiro atoms. The first-order chi connectivity index (χ1) is 17.7. The molecule has 0 aliphatic carbocycles. The molecule has 4 rings (SSSR count). The second-order valence-electron chi connectivity index (χ2n) is 9.59. The molecule has 0 radical (unpaired) electrons. The summed E-state index contributed by atoms with van der Waals surface area (Å²) in [6.07, 6.45) is 1.48. The van der Waals surface area contributed by atoms with Crippen molar-refractivity contribution in [2.75, 3.05) is 17.4 Å². The van der Waals surface area contributed by atoms with Crippen molar-refractivity contribution in [3.63, 3.8) is 0 Å². The minimum absolute atomic E-state index is 0.125. The van der Waals surface area contributed by atoms with Gasteiger partial charge in [-0.15, -0.1) is 0 Å². The molecule has 7 nitrogen and oxygen atoms in total. The largest absolute Gasteiger partial charge is 0.350 e. The predicted molar refractivity (Wildman–Crippen MR) is 144 cm³/mol. The molecule has 1 fully saturated rings. The Morgan fingerprint density at radius 3 is 2.32 bits per heavy atom. The summed E-state index contributed by atoms with van der Waals surface area (Å²) in [6.45, 7) is 5.37. The second-order valence-corrected chi connectivity index (χ2v) is 11.4. The van der Waals surface area contributed by atoms with Crippen LogP contribution in [0.5, 0.6) is 0 Å². The van der Waals surface area contributed by atoms with Crippen LogP contribution in [-0.4, -0.2) is 38.2 Å². The minimum Gasteiger partial charge on any atom is -0.350 e. The van der Waals surface area contributed by atoms with Crippen molar-refractivity contribution < 1.29 is 18.0 Å². The van der Waals surface area contributed by atoms with E-state index in [1.54, 1.807) is 30.3 Å². The fourth-order valence-corrected chi connectivity index (χ4v) is 5.82. The van der Waals surface area contributed by atoms with Gasteiger partial charge in [-0.05, 0) is 53.3 Å². The van der Waals surface area contributed by atoms with E-state index in [2.05, 4.69) is 19.2 Å². The van der Waals surface area contributed by atoms with Gasteiger partial charge in [0, 0.05) is 26.1 Å². The Hall–Kier alpha value is -3.65. The molecule has 1 aliphatic heterocycles. The van der Waals surface area contributed by atoms with Gasteiger partial charge in [-0.1, -0.05) is 68.4 Å². The summed E-state index contributed by atoms with van der Waals surface area (Å²) in [4.78, 5) is 26.9. The molecule has 194 valence electrons. The maximum atomic E-state index is 13.5. The fourth-order valence-electron chi connectivity index (χ4n) is 4.38. The van der Waals surface area contributed by atoms with Crippen molar-refractivity contribution in [2.24, 2.45) is 0 Å². The van der Waals surface area contributed by atoms with Crippen LogP contribution in [0.3, 0.4) is 0 Å². The highest BCUT2D eigenvalue weighted by molar-refractivity contribution is 7.92. The van der Waals surface area contributed by atoms with Gasteiger partial charge in [0.2, 0.25) is 11.8 Å². The molecule has 8 heteroatoms. The quantitative estimate of drug-likeness (QED) is 0.429. The van der Waals surface area contributed by atoms with E-state index in [4.69, 9.17) is 0 Å². The molecule has 3 aromatic carbocycles. The number of sulfonamides is 1. The standard InChI is InChI=1S/C29H33N3O4S/c1-22(2)25-13-15-26(16-14-25)32(37(35,36)27-10-4-3-5-11-27)21-28(33)30-19-23-8-6-9-24(18-23)20-31-17-7-12-29(31)34/h3-6,8-11,13-16,18,22H,7,12,17,19-21H2,1-2H3,(H,30,33). The van der Waals surface area contributed by atoms with E-state index in [0.717, 1.165) is 34.0 Å². The lowest BCUT2D eigenvalue weighted by Crippen LogP contribution is -2.40. The van der Waals surface area contributed by atoms with Crippen molar-refractivity contribution in [2.45, 2.75) is 50.6 Å². The summed E-state index contributed by atoms with van der Waals surface area (Å²) in [5.41, 5.74) is 3.40. The van der Waals surface area contributed by atoms with Gasteiger partial charge in [-0.2, -0.15) is 0 Å². The molecule has 0 bridgehead atoms. The van der Waals surface area contributed by atoms with Gasteiger partial charge >= 0.3 is 0 Å². The van der Waals surface area contributed by atoms with Gasteiger partial charge in [0.15, 0.2) is 0 Å². The molecule has 3 aromatic rings. The molecular formula is C29H33N3O4S. The number of nitrogens with one attached hydrogen (secondary N) is 1. The second kappa shape index (κ2) is 11.6. The molecular weight excluding hydrogens is 486 g/mol. The monoisotopic (exact) mass is 519 g/mol. The van der Waals surface area contributed by atoms with Crippen LogP contribution in [0, 0.1) is 0 Å². The molecule has 1 saturated heterocycles. The number of hydrogen-bond acceptors (Lipinski definition) is 4. The third kappa shape index (κ3) is 6.57. The number of nitrogens with zero attached hydrogens (tertiary/aromatic N) is 2. The van der Waals surface area contributed by atoms with Crippen LogP contribution in [0.1, 0.15) is 49.3 Å². The van der Waals surface area contributed by atoms with Crippen LogP contribution < -0.4 is 9.62 Å². The Morgan fingerprint density at radius 2 is 1.68 bits per heavy atom. The SMILES string of the molecule is CC(C)c1ccc(N(CC(=O)NCc2cccc(CN3CCCC3=O)c2)S(=O)(=O)c2ccccc2)cc1. The topological polar surface area (TPSA) is 86.8 Å². The number of carbonyl (C=O) groups is 2. The van der Waals surface area contributed by atoms with Crippen molar-refractivity contribution >= 4 is 27.5 Å². The number of rotatable bonds is 10. The summed E-state index contributed by atoms with van der Waals surface area (Å²) in [5, 5.41) is 2.86. The molecule has 0 atom stereocenters. The zero-order valence-electron chi connectivity index (χ0n) is 21.3. The molecule has 37 heavy (non-hydrogen) atoms. The lowest BCUT2D eigenvalue weighted by Gasteiger charge is -2.24. The van der Waals surface area contributed by atoms with Crippen LogP contribution in [0.25, 0.3) is 0 Å². The molecule has 0 unspecified atom stereocenters. The average Bonchev–Trinajstić information content (AvgIpc) is 3.30. The van der Waals surface area contributed by atoms with E-state index in [9.17, 15) is 18.0 Å². The fraction of sp³-hybridized carbons (Fsp3) is 0.310. The third-order valence-electron chi connectivity index (χ3n) is 6.49. The van der Waals surface area contributed by atoms with Gasteiger partial charge in [-0.3, -0.25) is 13.9 Å². The number of hydrogen-bond donors (Lipinski definition) is 1. The van der Waals surface area contributed by atoms with Gasteiger partial charge in [-0.25, -0.2) is 8.42 Å². The number of carbonyl (C=O) groups excluding carboxylic acids is 2. The summed E-state index contributed by atoms with van der Waals surface area (Å²) in [5.74, 6) is 0.0586. The van der Waals surface area contributed by atoms with Crippen molar-refractivity contribution in [3.8, 4) is 0 Å². The summed E-state index contributed by atoms with van der Waals surface area (Å²) < 4.78 is 28.2. The lowest BCUT2D eigenvalue weighted by atomic mass is 10.0. The highest BCUT2D eigenvalue weighted by Gasteiger charge is 2.27. The number of benzene rings is 3. The maximum absolute atomic E-state index is 13.5. The molecule has 0 saturated carbocycles. The third-order valence-corrected chi connectivity index (χ3v) is 8.28. The zero-order valence-corrected chi connectivity index (χ0v) is 22.1. The number of anilines is 1. The van der Waals surface area contributed by atoms with Gasteiger partial charge in [0.1, 0.15) is 6.54 Å². The number of amides is 2. The first-order valence-corrected chi connectivity index (χ1v) is 14.0. The van der Waals surface area contributed by atoms with Crippen molar-refractivity contribution in [3.05, 3.63) is 95.6 Å². The Labute approximate surface area is 219 Å². The smallest absolute Gasteiger partial charge is 0.264 e. The van der Waals surface area contributed by atoms with Crippen LogP contribution in [0.4, 0.5) is 5.69 Å². The van der Waals surface area contributed by atoms with E-state index >= 15 is 0 Å². The molecule has 1 N–H and O–H groups in total. The van der Waals surface area contributed by atoms with E-state index < -0.39 is 15.9 Å². The summed E-state index contributed by atoms with van der Waals surface area (Å²) in [7, 11) is -3.96. The molecule has 2 amide bonds. The first-order valence-electron chi connectivity index (χ1n) is 12.5. The maximum Gasteiger partial charge on any atom is 0.264 e. The highest BCUT2D eigenvalue weighted by atomic mass is 32.2. The van der Waals surface area contributed by atoms with Crippen molar-refractivity contribution in [1.29, 1.82) is 0 Å². The van der Waals surface area contributed by atoms with Crippen LogP contribution >= 0.6 is 0 Å². The van der Waals surface area contributed by atoms with E-state index in [0.29, 0.717) is 24.6 Å². The van der Waals surface area contributed by atoms with Crippen LogP contribution in [-0.2, 0) is 32.7 Å². The van der Waals surface area contributed by atoms with E-state index in [1.807, 2.05) is 41.3 Å². The Kier molecular flexibility index (Phi) is 8.28. The zero-order chi connectivity index (χ0) is 26.4. The molecule has 1 aliphatic rings. The lowest BCUT2D eigenvalue weighted by molar-refractivity contribution is -0.128. The minimum atomic E-state index is -3.96. The Balaban J connectivity index is 1.48. The Morgan fingerprint density at radius 1 is 0.973 bits per heavy atom. The van der Waals surface area contributed by atoms with Gasteiger partial charge in [0.05, 0.1) is 10.6 Å². The van der Waals surface area contributed by atoms with Gasteiger partial charge < -0.3 is 10.2 Å². The van der Waals surface area contributed by atoms with Crippen LogP contribution in [0.15, 0.2) is 83.8 Å². The first kappa shape index (κ1) is 26.4. The normalized spacial score (nSPS) is 13.7. The van der Waals surface area contributed by atoms with E-state index in [-0.39, 0.29) is 23.9 Å². The van der Waals surface area contributed by atoms with E-state index in [1.165, 1.54) is 12.1 Å². The number of likely N-dealkylation sites (tertiary alicyclic amines) is 1. The van der Waals surface area contributed by atoms with Crippen LogP contribution in [0.2, 0.25) is 0 Å². The van der Waals surface area contributed by atoms with Crippen molar-refractivity contribution in [1.82, 2.24) is 10.2 Å². The summed E-state index contributed by atoms with van der Waals surface area (Å²) >= 11 is 0. The van der Waals surface area contributed by atoms with Gasteiger partial charge in [0.25, 0.3) is 10.0 Å². The highest BCUT2D eigenvalue weighted by Crippen LogP contribution is 2.26.